The van der Waals surface area contributed by atoms with Gasteiger partial charge in [-0.3, -0.25) is 19.2 Å². The average Bonchev–Trinajstić information content (AvgIpc) is 3.02. The van der Waals surface area contributed by atoms with Crippen molar-refractivity contribution in [3.05, 3.63) is 23.9 Å². The number of aromatic amines is 1. The van der Waals surface area contributed by atoms with Crippen LogP contribution in [0.2, 0.25) is 0 Å². The van der Waals surface area contributed by atoms with Crippen molar-refractivity contribution in [2.45, 2.75) is 0 Å². The molecule has 3 amide bonds. The minimum Gasteiger partial charge on any atom is -0.480 e. The molecule has 0 spiro atoms. The van der Waals surface area contributed by atoms with Crippen LogP contribution in [0, 0.1) is 0 Å². The van der Waals surface area contributed by atoms with Crippen LogP contribution in [0.1, 0.15) is 5.69 Å². The molecular weight excluding hydrogens is 308 g/mol. The third-order valence-corrected chi connectivity index (χ3v) is 2.37. The molecule has 0 saturated heterocycles. The summed E-state index contributed by atoms with van der Waals surface area (Å²) in [6.45, 7) is -1.27. The number of hydrogen-bond acceptors (Lipinski definition) is 6. The molecule has 0 aliphatic heterocycles. The number of carbonyl (C=O) groups is 4. The highest BCUT2D eigenvalue weighted by molar-refractivity contribution is 6.02. The van der Waals surface area contributed by atoms with E-state index in [1.807, 2.05) is 0 Å². The normalized spacial score (nSPS) is 10.7. The number of aromatic nitrogens is 2. The predicted octanol–water partition coefficient (Wildman–Crippen LogP) is -2.86. The maximum absolute atomic E-state index is 11.9. The first-order valence-corrected chi connectivity index (χ1v) is 6.39. The molecule has 23 heavy (non-hydrogen) atoms. The second-order valence-corrected chi connectivity index (χ2v) is 4.17. The minimum absolute atomic E-state index is 0.206. The highest BCUT2D eigenvalue weighted by Gasteiger charge is 2.14. The molecule has 124 valence electrons. The zero-order chi connectivity index (χ0) is 17.2. The Labute approximate surface area is 130 Å². The van der Waals surface area contributed by atoms with Gasteiger partial charge in [0.2, 0.25) is 11.8 Å². The Balaban J connectivity index is 2.75. The summed E-state index contributed by atoms with van der Waals surface area (Å²) in [6.07, 6.45) is 4.03. The summed E-state index contributed by atoms with van der Waals surface area (Å²) >= 11 is 0. The number of aliphatic carboxylic acids is 1. The number of carboxylic acids is 1. The lowest BCUT2D eigenvalue weighted by molar-refractivity contribution is -0.137. The summed E-state index contributed by atoms with van der Waals surface area (Å²) in [6, 6.07) is 0. The monoisotopic (exact) mass is 324 g/mol. The largest absolute Gasteiger partial charge is 0.480 e. The Morgan fingerprint density at radius 1 is 1.22 bits per heavy atom. The van der Waals surface area contributed by atoms with Gasteiger partial charge in [-0.05, 0) is 6.08 Å². The number of nitrogens with zero attached hydrogens (tertiary/aromatic N) is 1. The van der Waals surface area contributed by atoms with E-state index >= 15 is 0 Å². The summed E-state index contributed by atoms with van der Waals surface area (Å²) in [7, 11) is 0. The second kappa shape index (κ2) is 8.94. The number of amides is 3. The zero-order valence-electron chi connectivity index (χ0n) is 12.0. The van der Waals surface area contributed by atoms with Gasteiger partial charge in [0.1, 0.15) is 12.2 Å². The van der Waals surface area contributed by atoms with Gasteiger partial charge in [0, 0.05) is 0 Å². The van der Waals surface area contributed by atoms with Crippen LogP contribution in [-0.2, 0) is 19.2 Å². The topological polar surface area (TPSA) is 179 Å². The molecule has 0 bridgehead atoms. The van der Waals surface area contributed by atoms with Gasteiger partial charge < -0.3 is 31.8 Å². The molecule has 11 nitrogen and oxygen atoms in total. The van der Waals surface area contributed by atoms with E-state index in [9.17, 15) is 19.2 Å². The highest BCUT2D eigenvalue weighted by atomic mass is 16.4. The standard InChI is InChI=1S/C12H16N6O5/c13-2-9(19)15-4-10(20)18-8(1-7-3-14-6-17-7)12(23)16-5-11(21)22/h1,3,6H,2,4-5,13H2,(H,14,17)(H,15,19)(H,16,23)(H,18,20)(H,21,22)/b8-1-. The second-order valence-electron chi connectivity index (χ2n) is 4.17. The van der Waals surface area contributed by atoms with Crippen LogP contribution in [-0.4, -0.2) is 58.4 Å². The Kier molecular flexibility index (Phi) is 6.94. The summed E-state index contributed by atoms with van der Waals surface area (Å²) < 4.78 is 0. The lowest BCUT2D eigenvalue weighted by Gasteiger charge is -2.10. The van der Waals surface area contributed by atoms with Crippen molar-refractivity contribution in [3.63, 3.8) is 0 Å². The van der Waals surface area contributed by atoms with Crippen molar-refractivity contribution < 1.29 is 24.3 Å². The number of H-pyrrole nitrogens is 1. The van der Waals surface area contributed by atoms with Gasteiger partial charge in [-0.2, -0.15) is 0 Å². The molecule has 0 saturated carbocycles. The van der Waals surface area contributed by atoms with Gasteiger partial charge in [0.15, 0.2) is 0 Å². The van der Waals surface area contributed by atoms with E-state index in [0.717, 1.165) is 0 Å². The minimum atomic E-state index is -1.24. The number of rotatable bonds is 8. The van der Waals surface area contributed by atoms with E-state index in [0.29, 0.717) is 5.69 Å². The summed E-state index contributed by atoms with van der Waals surface area (Å²) in [4.78, 5) is 51.5. The smallest absolute Gasteiger partial charge is 0.322 e. The van der Waals surface area contributed by atoms with Crippen LogP contribution in [0.4, 0.5) is 0 Å². The summed E-state index contributed by atoms with van der Waals surface area (Å²) in [5.74, 6) is -3.25. The maximum atomic E-state index is 11.9. The van der Waals surface area contributed by atoms with Crippen molar-refractivity contribution in [2.75, 3.05) is 19.6 Å². The molecule has 1 aromatic heterocycles. The van der Waals surface area contributed by atoms with E-state index < -0.39 is 30.2 Å². The van der Waals surface area contributed by atoms with Crippen molar-refractivity contribution in [2.24, 2.45) is 5.73 Å². The Hall–Kier alpha value is -3.21. The van der Waals surface area contributed by atoms with Crippen molar-refractivity contribution in [3.8, 4) is 0 Å². The number of nitrogens with one attached hydrogen (secondary N) is 4. The number of carbonyl (C=O) groups excluding carboxylic acids is 3. The summed E-state index contributed by atoms with van der Waals surface area (Å²) in [5.41, 5.74) is 5.29. The third-order valence-electron chi connectivity index (χ3n) is 2.37. The van der Waals surface area contributed by atoms with E-state index in [1.54, 1.807) is 0 Å². The molecule has 11 heteroatoms. The first-order chi connectivity index (χ1) is 10.9. The zero-order valence-corrected chi connectivity index (χ0v) is 12.0. The lowest BCUT2D eigenvalue weighted by Crippen LogP contribution is -2.42. The molecule has 1 aromatic rings. The number of imidazole rings is 1. The van der Waals surface area contributed by atoms with Gasteiger partial charge in [-0.25, -0.2) is 4.98 Å². The fourth-order valence-electron chi connectivity index (χ4n) is 1.36. The van der Waals surface area contributed by atoms with Crippen molar-refractivity contribution in [1.82, 2.24) is 25.9 Å². The van der Waals surface area contributed by atoms with E-state index in [2.05, 4.69) is 25.9 Å². The van der Waals surface area contributed by atoms with Gasteiger partial charge in [0.25, 0.3) is 5.91 Å². The average molecular weight is 324 g/mol. The lowest BCUT2D eigenvalue weighted by atomic mass is 10.3. The Morgan fingerprint density at radius 2 is 1.96 bits per heavy atom. The predicted molar refractivity (Wildman–Crippen MR) is 77.4 cm³/mol. The molecule has 0 aliphatic carbocycles. The van der Waals surface area contributed by atoms with Crippen LogP contribution < -0.4 is 21.7 Å². The fraction of sp³-hybridized carbons (Fsp3) is 0.250. The van der Waals surface area contributed by atoms with Crippen molar-refractivity contribution in [1.29, 1.82) is 0 Å². The quantitative estimate of drug-likeness (QED) is 0.278. The van der Waals surface area contributed by atoms with Gasteiger partial charge in [-0.1, -0.05) is 0 Å². The van der Waals surface area contributed by atoms with Crippen LogP contribution in [0.5, 0.6) is 0 Å². The number of nitrogens with two attached hydrogens (primary N) is 1. The van der Waals surface area contributed by atoms with Gasteiger partial charge in [0.05, 0.1) is 31.3 Å². The molecule has 0 fully saturated rings. The summed E-state index contributed by atoms with van der Waals surface area (Å²) in [5, 5.41) is 15.2. The number of carboxylic acid groups (broad SMARTS) is 1. The molecule has 0 atom stereocenters. The van der Waals surface area contributed by atoms with Crippen LogP contribution in [0.15, 0.2) is 18.2 Å². The van der Waals surface area contributed by atoms with Crippen LogP contribution in [0.3, 0.4) is 0 Å². The Morgan fingerprint density at radius 3 is 2.52 bits per heavy atom. The first kappa shape index (κ1) is 17.8. The van der Waals surface area contributed by atoms with E-state index in [-0.39, 0.29) is 18.8 Å². The Bertz CT molecular complexity index is 609. The highest BCUT2D eigenvalue weighted by Crippen LogP contribution is 2.00. The third kappa shape index (κ3) is 6.86. The van der Waals surface area contributed by atoms with Crippen LogP contribution >= 0.6 is 0 Å². The molecule has 0 aliphatic rings. The van der Waals surface area contributed by atoms with Gasteiger partial charge >= 0.3 is 5.97 Å². The van der Waals surface area contributed by atoms with Crippen LogP contribution in [0.25, 0.3) is 6.08 Å². The van der Waals surface area contributed by atoms with Crippen molar-refractivity contribution >= 4 is 29.8 Å². The van der Waals surface area contributed by atoms with E-state index in [1.165, 1.54) is 18.6 Å². The molecule has 0 radical (unpaired) electrons. The number of hydrogen-bond donors (Lipinski definition) is 6. The molecular formula is C12H16N6O5. The fourth-order valence-corrected chi connectivity index (χ4v) is 1.36. The van der Waals surface area contributed by atoms with Gasteiger partial charge in [-0.15, -0.1) is 0 Å². The molecule has 1 rings (SSSR count). The molecule has 7 N–H and O–H groups in total. The first-order valence-electron chi connectivity index (χ1n) is 6.39. The van der Waals surface area contributed by atoms with E-state index in [4.69, 9.17) is 10.8 Å². The molecule has 0 unspecified atom stereocenters. The SMILES string of the molecule is NCC(=O)NCC(=O)N/C(=C\c1cnc[nH]1)C(=O)NCC(=O)O. The molecule has 0 aromatic carbocycles. The maximum Gasteiger partial charge on any atom is 0.322 e. The molecule has 1 heterocycles.